The van der Waals surface area contributed by atoms with E-state index in [0.29, 0.717) is 16.9 Å². The number of nitrogens with zero attached hydrogens (tertiary/aromatic N) is 1. The molecule has 1 N–H and O–H groups in total. The maximum Gasteiger partial charge on any atom is 0.264 e. The molecule has 1 aromatic heterocycles. The number of rotatable bonds is 5. The average Bonchev–Trinajstić information content (AvgIpc) is 3.17. The molecule has 0 fully saturated rings. The Hall–Kier alpha value is -2.64. The molecule has 0 saturated heterocycles. The minimum atomic E-state index is -3.72. The molecular formula is C18H16N2O3S2. The van der Waals surface area contributed by atoms with Gasteiger partial charge in [0.15, 0.2) is 0 Å². The summed E-state index contributed by atoms with van der Waals surface area (Å²) in [5.41, 5.74) is 1.54. The van der Waals surface area contributed by atoms with Gasteiger partial charge in [-0.2, -0.15) is 11.3 Å². The second kappa shape index (κ2) is 7.08. The van der Waals surface area contributed by atoms with Gasteiger partial charge in [-0.25, -0.2) is 8.42 Å². The Labute approximate surface area is 150 Å². The number of thiophene rings is 1. The highest BCUT2D eigenvalue weighted by molar-refractivity contribution is 7.92. The molecule has 0 aliphatic heterocycles. The van der Waals surface area contributed by atoms with Crippen LogP contribution in [0.3, 0.4) is 0 Å². The third-order valence-corrected chi connectivity index (χ3v) is 6.12. The summed E-state index contributed by atoms with van der Waals surface area (Å²) in [5.74, 6) is -0.271. The second-order valence-corrected chi connectivity index (χ2v) is 8.05. The molecule has 3 aromatic rings. The highest BCUT2D eigenvalue weighted by Gasteiger charge is 2.21. The Morgan fingerprint density at radius 3 is 2.48 bits per heavy atom. The molecule has 0 saturated carbocycles. The fourth-order valence-electron chi connectivity index (χ4n) is 2.27. The Bertz CT molecular complexity index is 969. The van der Waals surface area contributed by atoms with E-state index < -0.39 is 10.0 Å². The Morgan fingerprint density at radius 1 is 1.04 bits per heavy atom. The second-order valence-electron chi connectivity index (χ2n) is 5.30. The number of carbonyl (C=O) groups is 1. The molecule has 0 aliphatic carbocycles. The van der Waals surface area contributed by atoms with Gasteiger partial charge in [0.25, 0.3) is 15.9 Å². The lowest BCUT2D eigenvalue weighted by molar-refractivity contribution is 0.102. The molecule has 7 heteroatoms. The fraction of sp³-hybridized carbons (Fsp3) is 0.0556. The van der Waals surface area contributed by atoms with Crippen LogP contribution in [0.15, 0.2) is 76.3 Å². The van der Waals surface area contributed by atoms with Crippen molar-refractivity contribution in [3.8, 4) is 0 Å². The Balaban J connectivity index is 1.86. The van der Waals surface area contributed by atoms with Crippen molar-refractivity contribution in [1.82, 2.24) is 0 Å². The molecule has 1 amide bonds. The normalized spacial score (nSPS) is 11.1. The third-order valence-electron chi connectivity index (χ3n) is 3.65. The summed E-state index contributed by atoms with van der Waals surface area (Å²) >= 11 is 1.42. The van der Waals surface area contributed by atoms with Gasteiger partial charge in [0.1, 0.15) is 0 Å². The summed E-state index contributed by atoms with van der Waals surface area (Å²) < 4.78 is 26.8. The van der Waals surface area contributed by atoms with Crippen LogP contribution in [-0.2, 0) is 10.0 Å². The van der Waals surface area contributed by atoms with Gasteiger partial charge in [0, 0.05) is 18.1 Å². The minimum Gasteiger partial charge on any atom is -0.322 e. The van der Waals surface area contributed by atoms with Crippen molar-refractivity contribution < 1.29 is 13.2 Å². The number of para-hydroxylation sites is 1. The van der Waals surface area contributed by atoms with Crippen LogP contribution in [0.4, 0.5) is 11.4 Å². The monoisotopic (exact) mass is 372 g/mol. The maximum atomic E-state index is 12.8. The number of hydrogen-bond acceptors (Lipinski definition) is 4. The number of benzene rings is 2. The average molecular weight is 372 g/mol. The molecule has 128 valence electrons. The van der Waals surface area contributed by atoms with Crippen LogP contribution >= 0.6 is 11.3 Å². The largest absolute Gasteiger partial charge is 0.322 e. The first-order valence-electron chi connectivity index (χ1n) is 7.46. The molecular weight excluding hydrogens is 356 g/mol. The summed E-state index contributed by atoms with van der Waals surface area (Å²) in [6.45, 7) is 0. The van der Waals surface area contributed by atoms with Crippen LogP contribution in [0.25, 0.3) is 0 Å². The molecule has 3 rings (SSSR count). The molecule has 0 radical (unpaired) electrons. The van der Waals surface area contributed by atoms with E-state index in [-0.39, 0.29) is 10.8 Å². The lowest BCUT2D eigenvalue weighted by Crippen LogP contribution is -2.26. The fourth-order valence-corrected chi connectivity index (χ4v) is 4.14. The summed E-state index contributed by atoms with van der Waals surface area (Å²) in [5, 5.41) is 6.27. The van der Waals surface area contributed by atoms with Crippen molar-refractivity contribution in [3.05, 3.63) is 77.0 Å². The number of nitrogens with one attached hydrogen (secondary N) is 1. The van der Waals surface area contributed by atoms with E-state index in [0.717, 1.165) is 0 Å². The van der Waals surface area contributed by atoms with Crippen molar-refractivity contribution in [2.75, 3.05) is 16.7 Å². The van der Waals surface area contributed by atoms with Gasteiger partial charge < -0.3 is 5.32 Å². The van der Waals surface area contributed by atoms with Crippen molar-refractivity contribution in [2.24, 2.45) is 0 Å². The van der Waals surface area contributed by atoms with Crippen LogP contribution in [0, 0.1) is 0 Å². The van der Waals surface area contributed by atoms with Gasteiger partial charge in [0.05, 0.1) is 16.1 Å². The van der Waals surface area contributed by atoms with E-state index in [2.05, 4.69) is 5.32 Å². The first-order valence-corrected chi connectivity index (χ1v) is 9.84. The third kappa shape index (κ3) is 3.72. The van der Waals surface area contributed by atoms with Crippen molar-refractivity contribution in [2.45, 2.75) is 4.90 Å². The molecule has 2 aromatic carbocycles. The predicted molar refractivity (Wildman–Crippen MR) is 101 cm³/mol. The van der Waals surface area contributed by atoms with E-state index in [1.54, 1.807) is 47.8 Å². The van der Waals surface area contributed by atoms with Crippen LogP contribution in [0.1, 0.15) is 10.4 Å². The van der Waals surface area contributed by atoms with E-state index in [4.69, 9.17) is 0 Å². The van der Waals surface area contributed by atoms with Crippen molar-refractivity contribution in [1.29, 1.82) is 0 Å². The topological polar surface area (TPSA) is 66.5 Å². The van der Waals surface area contributed by atoms with E-state index in [1.807, 2.05) is 11.4 Å². The van der Waals surface area contributed by atoms with E-state index in [1.165, 1.54) is 34.8 Å². The first kappa shape index (κ1) is 17.2. The van der Waals surface area contributed by atoms with E-state index >= 15 is 0 Å². The van der Waals surface area contributed by atoms with Crippen LogP contribution < -0.4 is 9.62 Å². The molecule has 25 heavy (non-hydrogen) atoms. The molecule has 0 aliphatic rings. The summed E-state index contributed by atoms with van der Waals surface area (Å²) in [6.07, 6.45) is 0. The smallest absolute Gasteiger partial charge is 0.264 e. The van der Waals surface area contributed by atoms with Crippen molar-refractivity contribution in [3.63, 3.8) is 0 Å². The molecule has 0 unspecified atom stereocenters. The number of anilines is 2. The lowest BCUT2D eigenvalue weighted by atomic mass is 10.3. The predicted octanol–water partition coefficient (Wildman–Crippen LogP) is 3.83. The summed E-state index contributed by atoms with van der Waals surface area (Å²) in [7, 11) is -2.22. The minimum absolute atomic E-state index is 0.113. The summed E-state index contributed by atoms with van der Waals surface area (Å²) in [4.78, 5) is 12.2. The number of hydrogen-bond donors (Lipinski definition) is 1. The van der Waals surface area contributed by atoms with Gasteiger partial charge in [-0.15, -0.1) is 0 Å². The zero-order chi connectivity index (χ0) is 17.9. The lowest BCUT2D eigenvalue weighted by Gasteiger charge is -2.19. The summed E-state index contributed by atoms with van der Waals surface area (Å²) in [6, 6.07) is 16.8. The standard InChI is InChI=1S/C18H16N2O3S2/c1-20(16-7-3-2-4-8-16)25(22,23)17-9-5-6-15(12-17)19-18(21)14-10-11-24-13-14/h2-13H,1H3,(H,19,21). The van der Waals surface area contributed by atoms with Gasteiger partial charge in [-0.3, -0.25) is 9.10 Å². The van der Waals surface area contributed by atoms with Crippen molar-refractivity contribution >= 4 is 38.6 Å². The van der Waals surface area contributed by atoms with Crippen LogP contribution in [0.5, 0.6) is 0 Å². The van der Waals surface area contributed by atoms with Crippen LogP contribution in [0.2, 0.25) is 0 Å². The SMILES string of the molecule is CN(c1ccccc1)S(=O)(=O)c1cccc(NC(=O)c2ccsc2)c1. The zero-order valence-corrected chi connectivity index (χ0v) is 15.0. The first-order chi connectivity index (χ1) is 12.0. The molecule has 0 spiro atoms. The highest BCUT2D eigenvalue weighted by Crippen LogP contribution is 2.24. The molecule has 1 heterocycles. The maximum absolute atomic E-state index is 12.8. The quantitative estimate of drug-likeness (QED) is 0.740. The zero-order valence-electron chi connectivity index (χ0n) is 13.4. The highest BCUT2D eigenvalue weighted by atomic mass is 32.2. The van der Waals surface area contributed by atoms with Gasteiger partial charge >= 0.3 is 0 Å². The number of carbonyl (C=O) groups excluding carboxylic acids is 1. The molecule has 0 bridgehead atoms. The Kier molecular flexibility index (Phi) is 4.87. The van der Waals surface area contributed by atoms with E-state index in [9.17, 15) is 13.2 Å². The van der Waals surface area contributed by atoms with Crippen LogP contribution in [-0.4, -0.2) is 21.4 Å². The molecule has 0 atom stereocenters. The van der Waals surface area contributed by atoms with Gasteiger partial charge in [-0.1, -0.05) is 24.3 Å². The number of amides is 1. The number of sulfonamides is 1. The van der Waals surface area contributed by atoms with Gasteiger partial charge in [0.2, 0.25) is 0 Å². The Morgan fingerprint density at radius 2 is 1.80 bits per heavy atom. The van der Waals surface area contributed by atoms with Gasteiger partial charge in [-0.05, 0) is 41.8 Å². The molecule has 5 nitrogen and oxygen atoms in total.